The molecule has 14 heavy (non-hydrogen) atoms. The maximum Gasteiger partial charge on any atom is 0.199 e. The molecule has 1 fully saturated rings. The van der Waals surface area contributed by atoms with Crippen molar-refractivity contribution in [1.82, 2.24) is 9.97 Å². The summed E-state index contributed by atoms with van der Waals surface area (Å²) in [5.74, 6) is 0.932. The van der Waals surface area contributed by atoms with Crippen molar-refractivity contribution in [3.05, 3.63) is 15.4 Å². The third kappa shape index (κ3) is 2.43. The van der Waals surface area contributed by atoms with Gasteiger partial charge in [-0.2, -0.15) is 0 Å². The Hall–Kier alpha value is -0.200. The molecule has 6 heteroatoms. The van der Waals surface area contributed by atoms with Gasteiger partial charge in [0.2, 0.25) is 0 Å². The lowest BCUT2D eigenvalue weighted by Gasteiger charge is -2.27. The lowest BCUT2D eigenvalue weighted by Crippen LogP contribution is -2.36. The fourth-order valence-corrected chi connectivity index (χ4v) is 2.32. The number of nitrogens with zero attached hydrogens (tertiary/aromatic N) is 3. The number of morpholine rings is 1. The first-order chi connectivity index (χ1) is 6.75. The summed E-state index contributed by atoms with van der Waals surface area (Å²) in [5, 5.41) is 0. The van der Waals surface area contributed by atoms with Crippen molar-refractivity contribution in [3.63, 3.8) is 0 Å². The van der Waals surface area contributed by atoms with Gasteiger partial charge >= 0.3 is 0 Å². The van der Waals surface area contributed by atoms with Crippen molar-refractivity contribution in [1.29, 1.82) is 0 Å². The lowest BCUT2D eigenvalue weighted by molar-refractivity contribution is 0.122. The van der Waals surface area contributed by atoms with E-state index in [9.17, 15) is 0 Å². The molecule has 1 aliphatic heterocycles. The SMILES string of the molecule is Brc1cc(N2CCOCC2)nc(Br)n1. The summed E-state index contributed by atoms with van der Waals surface area (Å²) in [4.78, 5) is 10.6. The van der Waals surface area contributed by atoms with Crippen LogP contribution in [0.1, 0.15) is 0 Å². The van der Waals surface area contributed by atoms with Gasteiger partial charge in [-0.25, -0.2) is 9.97 Å². The topological polar surface area (TPSA) is 38.2 Å². The fourth-order valence-electron chi connectivity index (χ4n) is 1.33. The quantitative estimate of drug-likeness (QED) is 0.584. The first kappa shape index (κ1) is 10.3. The van der Waals surface area contributed by atoms with E-state index in [-0.39, 0.29) is 0 Å². The highest BCUT2D eigenvalue weighted by molar-refractivity contribution is 9.11. The maximum atomic E-state index is 5.27. The molecule has 76 valence electrons. The Kier molecular flexibility index (Phi) is 3.35. The van der Waals surface area contributed by atoms with Gasteiger partial charge in [-0.05, 0) is 31.9 Å². The smallest absolute Gasteiger partial charge is 0.199 e. The lowest BCUT2D eigenvalue weighted by atomic mass is 10.4. The Morgan fingerprint density at radius 2 is 1.93 bits per heavy atom. The molecule has 0 atom stereocenters. The molecule has 0 bridgehead atoms. The van der Waals surface area contributed by atoms with Crippen molar-refractivity contribution in [2.75, 3.05) is 31.2 Å². The standard InChI is InChI=1S/C8H9Br2N3O/c9-6-5-7(12-8(10)11-6)13-1-3-14-4-2-13/h5H,1-4H2. The first-order valence-corrected chi connectivity index (χ1v) is 5.87. The highest BCUT2D eigenvalue weighted by Gasteiger charge is 2.13. The Labute approximate surface area is 98.9 Å². The van der Waals surface area contributed by atoms with Gasteiger partial charge < -0.3 is 9.64 Å². The van der Waals surface area contributed by atoms with Gasteiger partial charge in [0.15, 0.2) is 4.73 Å². The molecular formula is C8H9Br2N3O. The van der Waals surface area contributed by atoms with E-state index in [4.69, 9.17) is 4.74 Å². The zero-order valence-electron chi connectivity index (χ0n) is 7.41. The minimum Gasteiger partial charge on any atom is -0.378 e. The molecule has 0 aliphatic carbocycles. The third-order valence-electron chi connectivity index (χ3n) is 1.99. The van der Waals surface area contributed by atoms with E-state index in [2.05, 4.69) is 46.7 Å². The molecule has 4 nitrogen and oxygen atoms in total. The molecule has 0 unspecified atom stereocenters. The van der Waals surface area contributed by atoms with Crippen LogP contribution >= 0.6 is 31.9 Å². The molecule has 1 saturated heterocycles. The largest absolute Gasteiger partial charge is 0.378 e. The van der Waals surface area contributed by atoms with E-state index in [1.807, 2.05) is 6.07 Å². The van der Waals surface area contributed by atoms with Crippen LogP contribution in [0.15, 0.2) is 15.4 Å². The van der Waals surface area contributed by atoms with Gasteiger partial charge in [-0.3, -0.25) is 0 Å². The second-order valence-corrected chi connectivity index (χ2v) is 4.44. The maximum absolute atomic E-state index is 5.27. The van der Waals surface area contributed by atoms with Crippen LogP contribution in [-0.2, 0) is 4.74 Å². The van der Waals surface area contributed by atoms with Crippen molar-refractivity contribution < 1.29 is 4.74 Å². The molecule has 1 aromatic heterocycles. The molecule has 0 aromatic carbocycles. The number of aromatic nitrogens is 2. The van der Waals surface area contributed by atoms with Crippen LogP contribution in [0.4, 0.5) is 5.82 Å². The second-order valence-electron chi connectivity index (χ2n) is 2.92. The Balaban J connectivity index is 2.21. The molecular weight excluding hydrogens is 314 g/mol. The summed E-state index contributed by atoms with van der Waals surface area (Å²) in [5.41, 5.74) is 0. The Morgan fingerprint density at radius 1 is 1.21 bits per heavy atom. The zero-order chi connectivity index (χ0) is 9.97. The zero-order valence-corrected chi connectivity index (χ0v) is 10.6. The highest BCUT2D eigenvalue weighted by Crippen LogP contribution is 2.19. The summed E-state index contributed by atoms with van der Waals surface area (Å²) in [7, 11) is 0. The summed E-state index contributed by atoms with van der Waals surface area (Å²) in [6.45, 7) is 3.30. The summed E-state index contributed by atoms with van der Waals surface area (Å²) in [6.07, 6.45) is 0. The highest BCUT2D eigenvalue weighted by atomic mass is 79.9. The first-order valence-electron chi connectivity index (χ1n) is 4.28. The van der Waals surface area contributed by atoms with Gasteiger partial charge in [0.05, 0.1) is 13.2 Å². The predicted molar refractivity (Wildman–Crippen MR) is 60.5 cm³/mol. The van der Waals surface area contributed by atoms with Crippen LogP contribution in [0.3, 0.4) is 0 Å². The van der Waals surface area contributed by atoms with Crippen LogP contribution in [0.5, 0.6) is 0 Å². The van der Waals surface area contributed by atoms with Crippen LogP contribution in [0, 0.1) is 0 Å². The van der Waals surface area contributed by atoms with Crippen molar-refractivity contribution in [3.8, 4) is 0 Å². The summed E-state index contributed by atoms with van der Waals surface area (Å²) >= 11 is 6.61. The number of rotatable bonds is 1. The van der Waals surface area contributed by atoms with E-state index < -0.39 is 0 Å². The number of halogens is 2. The van der Waals surface area contributed by atoms with Gasteiger partial charge in [-0.1, -0.05) is 0 Å². The van der Waals surface area contributed by atoms with E-state index in [0.29, 0.717) is 4.73 Å². The molecule has 2 heterocycles. The minimum absolute atomic E-state index is 0.605. The number of hydrogen-bond donors (Lipinski definition) is 0. The monoisotopic (exact) mass is 321 g/mol. The van der Waals surface area contributed by atoms with Crippen LogP contribution in [-0.4, -0.2) is 36.3 Å². The number of ether oxygens (including phenoxy) is 1. The second kappa shape index (κ2) is 4.55. The molecule has 0 amide bonds. The van der Waals surface area contributed by atoms with Crippen molar-refractivity contribution in [2.24, 2.45) is 0 Å². The third-order valence-corrected chi connectivity index (χ3v) is 2.75. The van der Waals surface area contributed by atoms with Crippen LogP contribution < -0.4 is 4.90 Å². The molecule has 0 spiro atoms. The Morgan fingerprint density at radius 3 is 2.57 bits per heavy atom. The molecule has 1 aromatic rings. The molecule has 2 rings (SSSR count). The van der Waals surface area contributed by atoms with Gasteiger partial charge in [-0.15, -0.1) is 0 Å². The average Bonchev–Trinajstić information content (AvgIpc) is 2.18. The average molecular weight is 323 g/mol. The van der Waals surface area contributed by atoms with Gasteiger partial charge in [0, 0.05) is 19.2 Å². The van der Waals surface area contributed by atoms with Crippen LogP contribution in [0.2, 0.25) is 0 Å². The van der Waals surface area contributed by atoms with Gasteiger partial charge in [0.1, 0.15) is 10.4 Å². The molecule has 0 N–H and O–H groups in total. The normalized spacial score (nSPS) is 17.1. The minimum atomic E-state index is 0.605. The summed E-state index contributed by atoms with van der Waals surface area (Å²) < 4.78 is 6.67. The molecule has 1 aliphatic rings. The van der Waals surface area contributed by atoms with Crippen molar-refractivity contribution >= 4 is 37.7 Å². The molecule has 0 saturated carbocycles. The summed E-state index contributed by atoms with van der Waals surface area (Å²) in [6, 6.07) is 1.91. The molecule has 0 radical (unpaired) electrons. The van der Waals surface area contributed by atoms with E-state index in [0.717, 1.165) is 36.7 Å². The van der Waals surface area contributed by atoms with E-state index >= 15 is 0 Å². The fraction of sp³-hybridized carbons (Fsp3) is 0.500. The van der Waals surface area contributed by atoms with Gasteiger partial charge in [0.25, 0.3) is 0 Å². The van der Waals surface area contributed by atoms with Crippen molar-refractivity contribution in [2.45, 2.75) is 0 Å². The van der Waals surface area contributed by atoms with Crippen LogP contribution in [0.25, 0.3) is 0 Å². The number of anilines is 1. The van der Waals surface area contributed by atoms with E-state index in [1.54, 1.807) is 0 Å². The van der Waals surface area contributed by atoms with E-state index in [1.165, 1.54) is 0 Å². The Bertz CT molecular complexity index is 308. The predicted octanol–water partition coefficient (Wildman–Crippen LogP) is 1.84. The number of hydrogen-bond acceptors (Lipinski definition) is 4.